The highest BCUT2D eigenvalue weighted by Gasteiger charge is 2.51. The van der Waals surface area contributed by atoms with Gasteiger partial charge in [0.15, 0.2) is 0 Å². The Morgan fingerprint density at radius 2 is 1.67 bits per heavy atom. The molecule has 1 heterocycles. The molecule has 1 aliphatic rings. The Morgan fingerprint density at radius 3 is 2.12 bits per heavy atom. The number of hydrogen-bond donors (Lipinski definition) is 0. The number of amides is 2. The highest BCUT2D eigenvalue weighted by atomic mass is 19.1. The molecule has 2 amide bonds. The van der Waals surface area contributed by atoms with Crippen molar-refractivity contribution in [3.63, 3.8) is 0 Å². The van der Waals surface area contributed by atoms with Gasteiger partial charge < -0.3 is 19.1 Å². The fourth-order valence-electron chi connectivity index (χ4n) is 2.48. The van der Waals surface area contributed by atoms with E-state index in [4.69, 9.17) is 9.31 Å². The zero-order chi connectivity index (χ0) is 18.3. The van der Waals surface area contributed by atoms with Gasteiger partial charge in [-0.25, -0.2) is 9.18 Å². The van der Waals surface area contributed by atoms with Gasteiger partial charge in [0.05, 0.1) is 11.2 Å². The number of carbonyl (C=O) groups is 1. The number of halogens is 1. The van der Waals surface area contributed by atoms with Crippen LogP contribution in [0.5, 0.6) is 0 Å². The number of nitrogens with zero attached hydrogens (tertiary/aromatic N) is 2. The van der Waals surface area contributed by atoms with E-state index < -0.39 is 18.3 Å². The van der Waals surface area contributed by atoms with Crippen molar-refractivity contribution in [1.82, 2.24) is 9.80 Å². The third kappa shape index (κ3) is 3.57. The zero-order valence-electron chi connectivity index (χ0n) is 15.5. The van der Waals surface area contributed by atoms with E-state index in [9.17, 15) is 9.18 Å². The van der Waals surface area contributed by atoms with Crippen LogP contribution in [0, 0.1) is 5.82 Å². The molecule has 0 bridgehead atoms. The molecule has 0 radical (unpaired) electrons. The lowest BCUT2D eigenvalue weighted by atomic mass is 9.78. The summed E-state index contributed by atoms with van der Waals surface area (Å²) in [6.45, 7) is 8.03. The number of hydrogen-bond acceptors (Lipinski definition) is 3. The summed E-state index contributed by atoms with van der Waals surface area (Å²) in [5.41, 5.74) is 0.153. The summed E-state index contributed by atoms with van der Waals surface area (Å²) in [4.78, 5) is 14.8. The van der Waals surface area contributed by atoms with E-state index >= 15 is 0 Å². The van der Waals surface area contributed by atoms with E-state index in [0.29, 0.717) is 11.0 Å². The minimum atomic E-state index is -0.598. The number of benzene rings is 1. The first-order valence-electron chi connectivity index (χ1n) is 8.01. The Kier molecular flexibility index (Phi) is 4.97. The van der Waals surface area contributed by atoms with Crippen molar-refractivity contribution in [2.24, 2.45) is 0 Å². The van der Waals surface area contributed by atoms with Crippen LogP contribution in [0.15, 0.2) is 18.2 Å². The first-order valence-corrected chi connectivity index (χ1v) is 8.01. The second-order valence-electron chi connectivity index (χ2n) is 7.47. The highest BCUT2D eigenvalue weighted by molar-refractivity contribution is 6.62. The summed E-state index contributed by atoms with van der Waals surface area (Å²) >= 11 is 0. The fraction of sp³-hybridized carbons (Fsp3) is 0.588. The molecule has 7 heteroatoms. The van der Waals surface area contributed by atoms with E-state index in [1.807, 2.05) is 27.7 Å². The standard InChI is InChI=1S/C17H26BFN2O3/c1-16(2)17(3,4)24-18(23-16)13-9-8-12(14(19)10-13)11-21(7)15(22)20(5)6/h8-10H,11H2,1-7H3. The van der Waals surface area contributed by atoms with Crippen LogP contribution in [-0.4, -0.2) is 55.3 Å². The average molecular weight is 336 g/mol. The SMILES string of the molecule is CN(C)C(=O)N(C)Cc1ccc(B2OC(C)(C)C(C)(C)O2)cc1F. The normalized spacial score (nSPS) is 18.6. The molecule has 0 atom stereocenters. The molecule has 0 spiro atoms. The molecule has 1 aromatic rings. The first-order chi connectivity index (χ1) is 10.9. The van der Waals surface area contributed by atoms with Gasteiger partial charge in [-0.2, -0.15) is 0 Å². The Hall–Kier alpha value is -1.60. The van der Waals surface area contributed by atoms with Gasteiger partial charge in [-0.3, -0.25) is 0 Å². The van der Waals surface area contributed by atoms with Crippen LogP contribution in [0.25, 0.3) is 0 Å². The zero-order valence-corrected chi connectivity index (χ0v) is 15.5. The summed E-state index contributed by atoms with van der Waals surface area (Å²) < 4.78 is 26.3. The van der Waals surface area contributed by atoms with E-state index in [-0.39, 0.29) is 18.4 Å². The quantitative estimate of drug-likeness (QED) is 0.795. The molecule has 1 aliphatic heterocycles. The molecule has 0 N–H and O–H groups in total. The number of urea groups is 1. The van der Waals surface area contributed by atoms with Crippen molar-refractivity contribution < 1.29 is 18.5 Å². The van der Waals surface area contributed by atoms with Gasteiger partial charge in [0.1, 0.15) is 5.82 Å². The van der Waals surface area contributed by atoms with Crippen LogP contribution in [0.4, 0.5) is 9.18 Å². The average Bonchev–Trinajstić information content (AvgIpc) is 2.68. The third-order valence-corrected chi connectivity index (χ3v) is 4.72. The molecule has 0 saturated carbocycles. The maximum atomic E-state index is 14.5. The van der Waals surface area contributed by atoms with Gasteiger partial charge in [0.2, 0.25) is 0 Å². The van der Waals surface area contributed by atoms with Crippen molar-refractivity contribution in [2.45, 2.75) is 45.4 Å². The predicted molar refractivity (Wildman–Crippen MR) is 92.7 cm³/mol. The van der Waals surface area contributed by atoms with E-state index in [2.05, 4.69) is 0 Å². The van der Waals surface area contributed by atoms with E-state index in [0.717, 1.165) is 0 Å². The molecule has 5 nitrogen and oxygen atoms in total. The molecule has 1 saturated heterocycles. The van der Waals surface area contributed by atoms with E-state index in [1.165, 1.54) is 15.9 Å². The van der Waals surface area contributed by atoms with Crippen molar-refractivity contribution in [3.05, 3.63) is 29.6 Å². The molecule has 1 aromatic carbocycles. The van der Waals surface area contributed by atoms with E-state index in [1.54, 1.807) is 33.3 Å². The first kappa shape index (κ1) is 18.7. The summed E-state index contributed by atoms with van der Waals surface area (Å²) in [5.74, 6) is -0.374. The van der Waals surface area contributed by atoms with Crippen LogP contribution >= 0.6 is 0 Å². The lowest BCUT2D eigenvalue weighted by Gasteiger charge is -2.32. The van der Waals surface area contributed by atoms with Crippen molar-refractivity contribution in [2.75, 3.05) is 21.1 Å². The summed E-state index contributed by atoms with van der Waals surface area (Å²) in [7, 11) is 4.37. The second kappa shape index (κ2) is 6.37. The maximum Gasteiger partial charge on any atom is 0.494 e. The Labute approximate surface area is 143 Å². The van der Waals surface area contributed by atoms with Gasteiger partial charge >= 0.3 is 13.1 Å². The van der Waals surface area contributed by atoms with Gasteiger partial charge in [-0.15, -0.1) is 0 Å². The van der Waals surface area contributed by atoms with Gasteiger partial charge in [0, 0.05) is 33.3 Å². The second-order valence-corrected chi connectivity index (χ2v) is 7.47. The third-order valence-electron chi connectivity index (χ3n) is 4.72. The Bertz CT molecular complexity index is 618. The molecular weight excluding hydrogens is 310 g/mol. The van der Waals surface area contributed by atoms with Gasteiger partial charge in [-0.05, 0) is 39.2 Å². The van der Waals surface area contributed by atoms with Crippen molar-refractivity contribution >= 4 is 18.6 Å². The van der Waals surface area contributed by atoms with Crippen molar-refractivity contribution in [1.29, 1.82) is 0 Å². The maximum absolute atomic E-state index is 14.5. The molecule has 0 aliphatic carbocycles. The minimum absolute atomic E-state index is 0.176. The summed E-state index contributed by atoms with van der Waals surface area (Å²) in [6.07, 6.45) is 0. The van der Waals surface area contributed by atoms with Gasteiger partial charge in [-0.1, -0.05) is 12.1 Å². The van der Waals surface area contributed by atoms with Crippen LogP contribution in [-0.2, 0) is 15.9 Å². The highest BCUT2D eigenvalue weighted by Crippen LogP contribution is 2.36. The number of rotatable bonds is 3. The molecule has 132 valence electrons. The van der Waals surface area contributed by atoms with Crippen LogP contribution < -0.4 is 5.46 Å². The van der Waals surface area contributed by atoms with Crippen molar-refractivity contribution in [3.8, 4) is 0 Å². The predicted octanol–water partition coefficient (Wildman–Crippen LogP) is 2.24. The summed E-state index contributed by atoms with van der Waals surface area (Å²) in [5, 5.41) is 0. The van der Waals surface area contributed by atoms with Crippen LogP contribution in [0.2, 0.25) is 0 Å². The molecule has 24 heavy (non-hydrogen) atoms. The Balaban J connectivity index is 2.15. The minimum Gasteiger partial charge on any atom is -0.399 e. The monoisotopic (exact) mass is 336 g/mol. The van der Waals surface area contributed by atoms with Crippen LogP contribution in [0.3, 0.4) is 0 Å². The molecule has 0 aromatic heterocycles. The Morgan fingerprint density at radius 1 is 1.12 bits per heavy atom. The van der Waals surface area contributed by atoms with Crippen LogP contribution in [0.1, 0.15) is 33.3 Å². The molecular formula is C17H26BFN2O3. The smallest absolute Gasteiger partial charge is 0.399 e. The molecule has 1 fully saturated rings. The molecule has 2 rings (SSSR count). The lowest BCUT2D eigenvalue weighted by Crippen LogP contribution is -2.41. The van der Waals surface area contributed by atoms with Gasteiger partial charge in [0.25, 0.3) is 0 Å². The largest absolute Gasteiger partial charge is 0.494 e. The lowest BCUT2D eigenvalue weighted by molar-refractivity contribution is 0.00578. The molecule has 0 unspecified atom stereocenters. The topological polar surface area (TPSA) is 42.0 Å². The fourth-order valence-corrected chi connectivity index (χ4v) is 2.48. The summed E-state index contributed by atoms with van der Waals surface area (Å²) in [6, 6.07) is 4.71. The number of carbonyl (C=O) groups excluding carboxylic acids is 1.